The van der Waals surface area contributed by atoms with E-state index in [0.29, 0.717) is 0 Å². The van der Waals surface area contributed by atoms with Crippen molar-refractivity contribution < 1.29 is 10.3 Å². The number of aromatic amines is 1. The molecule has 17 heavy (non-hydrogen) atoms. The second-order valence-electron chi connectivity index (χ2n) is 2.82. The van der Waals surface area contributed by atoms with E-state index < -0.39 is 5.09 Å². The molecule has 0 aliphatic rings. The maximum absolute atomic E-state index is 8.36. The zero-order valence-electron chi connectivity index (χ0n) is 8.41. The van der Waals surface area contributed by atoms with E-state index in [1.54, 1.807) is 12.1 Å². The first kappa shape index (κ1) is 12.2. The van der Waals surface area contributed by atoms with Crippen molar-refractivity contribution in [1.29, 1.82) is 5.41 Å². The smallest absolute Gasteiger partial charge is 0.291 e. The third kappa shape index (κ3) is 3.99. The molecule has 0 unspecified atom stereocenters. The number of guanidine groups is 1. The molecule has 1 heterocycles. The Labute approximate surface area is 94.0 Å². The maximum Gasteiger partial charge on any atom is 0.291 e. The Morgan fingerprint density at radius 2 is 2.29 bits per heavy atom. The van der Waals surface area contributed by atoms with Gasteiger partial charge >= 0.3 is 0 Å². The lowest BCUT2D eigenvalue weighted by molar-refractivity contribution is -0.742. The molecular weight excluding hydrogens is 230 g/mol. The van der Waals surface area contributed by atoms with Crippen LogP contribution in [0.4, 0.5) is 5.69 Å². The Hall–Kier alpha value is -2.91. The van der Waals surface area contributed by atoms with Gasteiger partial charge in [0.2, 0.25) is 0 Å². The van der Waals surface area contributed by atoms with E-state index in [4.69, 9.17) is 26.5 Å². The molecule has 1 aromatic heterocycles. The number of anilines is 1. The second kappa shape index (κ2) is 5.25. The molecule has 0 saturated carbocycles. The summed E-state index contributed by atoms with van der Waals surface area (Å²) in [6.07, 6.45) is 0. The number of rotatable bonds is 1. The van der Waals surface area contributed by atoms with Gasteiger partial charge in [0.25, 0.3) is 5.09 Å². The van der Waals surface area contributed by atoms with Gasteiger partial charge in [-0.05, 0) is 18.2 Å². The van der Waals surface area contributed by atoms with Gasteiger partial charge in [-0.25, -0.2) is 0 Å². The predicted molar refractivity (Wildman–Crippen MR) is 58.2 cm³/mol. The van der Waals surface area contributed by atoms with Crippen LogP contribution in [0, 0.1) is 15.5 Å². The van der Waals surface area contributed by atoms with Gasteiger partial charge in [-0.2, -0.15) is 0 Å². The zero-order valence-corrected chi connectivity index (χ0v) is 8.41. The number of nitrogens with one attached hydrogen (secondary N) is 3. The van der Waals surface area contributed by atoms with E-state index in [0.717, 1.165) is 16.7 Å². The van der Waals surface area contributed by atoms with Crippen molar-refractivity contribution in [2.45, 2.75) is 0 Å². The number of nitrogens with two attached hydrogens (primary N) is 1. The summed E-state index contributed by atoms with van der Waals surface area (Å²) in [5, 5.41) is 33.5. The average molecular weight is 239 g/mol. The minimum Gasteiger partial charge on any atom is -0.370 e. The topological polar surface area (TPSA) is 167 Å². The second-order valence-corrected chi connectivity index (χ2v) is 2.82. The molecule has 10 heteroatoms. The van der Waals surface area contributed by atoms with Crippen LogP contribution in [-0.4, -0.2) is 31.7 Å². The van der Waals surface area contributed by atoms with E-state index in [-0.39, 0.29) is 5.96 Å². The first-order valence-electron chi connectivity index (χ1n) is 4.24. The molecule has 0 radical (unpaired) electrons. The Morgan fingerprint density at radius 1 is 1.65 bits per heavy atom. The fraction of sp³-hybridized carbons (Fsp3) is 0. The Balaban J connectivity index is 0.000000317. The molecule has 6 N–H and O–H groups in total. The molecular formula is C7H9N7O3. The summed E-state index contributed by atoms with van der Waals surface area (Å²) in [4.78, 5) is 8.36. The molecule has 1 aromatic carbocycles. The lowest BCUT2D eigenvalue weighted by Crippen LogP contribution is -2.20. The first-order valence-corrected chi connectivity index (χ1v) is 4.24. The molecule has 0 aliphatic carbocycles. The molecule has 2 rings (SSSR count). The number of H-pyrrole nitrogens is 1. The standard InChI is InChI=1S/C7H8N6.HNO3/c8-7(9)10-4-1-2-5-6(3-4)12-13-11-5;2-1(3)4/h1-3H,(H4,8,9,10)(H,11,12,13);(H,2,3,4). The van der Waals surface area contributed by atoms with Crippen molar-refractivity contribution in [2.75, 3.05) is 5.32 Å². The number of nitrogens with zero attached hydrogens (tertiary/aromatic N) is 3. The summed E-state index contributed by atoms with van der Waals surface area (Å²) < 4.78 is 0. The predicted octanol–water partition coefficient (Wildman–Crippen LogP) is -0.0844. The van der Waals surface area contributed by atoms with Gasteiger partial charge in [0.05, 0.1) is 5.52 Å². The largest absolute Gasteiger partial charge is 0.370 e. The molecule has 2 aromatic rings. The van der Waals surface area contributed by atoms with Gasteiger partial charge in [0, 0.05) is 5.69 Å². The van der Waals surface area contributed by atoms with E-state index in [1.165, 1.54) is 0 Å². The monoisotopic (exact) mass is 239 g/mol. The highest BCUT2D eigenvalue weighted by molar-refractivity contribution is 5.92. The van der Waals surface area contributed by atoms with Crippen LogP contribution in [-0.2, 0) is 0 Å². The highest BCUT2D eigenvalue weighted by Gasteiger charge is 1.98. The third-order valence-electron chi connectivity index (χ3n) is 1.60. The van der Waals surface area contributed by atoms with E-state index in [1.807, 2.05) is 6.07 Å². The summed E-state index contributed by atoms with van der Waals surface area (Å²) in [6, 6.07) is 5.38. The summed E-state index contributed by atoms with van der Waals surface area (Å²) in [6.45, 7) is 0. The van der Waals surface area contributed by atoms with Crippen molar-refractivity contribution in [2.24, 2.45) is 5.73 Å². The van der Waals surface area contributed by atoms with Crippen LogP contribution in [0.25, 0.3) is 11.0 Å². The average Bonchev–Trinajstić information content (AvgIpc) is 2.62. The summed E-state index contributed by atoms with van der Waals surface area (Å²) in [5.41, 5.74) is 7.50. The SMILES string of the molecule is N=C(N)Nc1ccc2[nH]nnc2c1.O=[N+]([O-])O. The Bertz CT molecular complexity index is 533. The minimum atomic E-state index is -1.50. The number of hydrogen-bond donors (Lipinski definition) is 5. The number of benzene rings is 1. The van der Waals surface area contributed by atoms with Gasteiger partial charge in [0.15, 0.2) is 5.96 Å². The van der Waals surface area contributed by atoms with Crippen LogP contribution < -0.4 is 11.1 Å². The van der Waals surface area contributed by atoms with Crippen LogP contribution >= 0.6 is 0 Å². The normalized spacial score (nSPS) is 9.18. The molecule has 0 aliphatic heterocycles. The number of hydrogen-bond acceptors (Lipinski definition) is 5. The molecule has 0 amide bonds. The summed E-state index contributed by atoms with van der Waals surface area (Å²) in [5.74, 6) is -0.0946. The van der Waals surface area contributed by atoms with E-state index in [2.05, 4.69) is 20.7 Å². The van der Waals surface area contributed by atoms with Crippen molar-refractivity contribution in [3.05, 3.63) is 28.3 Å². The molecule has 10 nitrogen and oxygen atoms in total. The van der Waals surface area contributed by atoms with Gasteiger partial charge < -0.3 is 16.3 Å². The van der Waals surface area contributed by atoms with E-state index in [9.17, 15) is 0 Å². The summed E-state index contributed by atoms with van der Waals surface area (Å²) >= 11 is 0. The number of aromatic nitrogens is 3. The lowest BCUT2D eigenvalue weighted by Gasteiger charge is -2.01. The van der Waals surface area contributed by atoms with Crippen LogP contribution in [0.5, 0.6) is 0 Å². The van der Waals surface area contributed by atoms with Gasteiger partial charge in [0.1, 0.15) is 5.52 Å². The van der Waals surface area contributed by atoms with Crippen LogP contribution in [0.15, 0.2) is 18.2 Å². The van der Waals surface area contributed by atoms with Crippen molar-refractivity contribution in [1.82, 2.24) is 15.4 Å². The Morgan fingerprint density at radius 3 is 2.88 bits per heavy atom. The van der Waals surface area contributed by atoms with Crippen molar-refractivity contribution in [3.63, 3.8) is 0 Å². The first-order chi connectivity index (χ1) is 7.99. The van der Waals surface area contributed by atoms with Crippen LogP contribution in [0.1, 0.15) is 0 Å². The third-order valence-corrected chi connectivity index (χ3v) is 1.60. The lowest BCUT2D eigenvalue weighted by atomic mass is 10.3. The molecule has 0 saturated heterocycles. The highest BCUT2D eigenvalue weighted by Crippen LogP contribution is 2.13. The quantitative estimate of drug-likeness (QED) is 0.200. The molecule has 0 spiro atoms. The van der Waals surface area contributed by atoms with Gasteiger partial charge in [-0.15, -0.1) is 15.2 Å². The molecule has 0 atom stereocenters. The summed E-state index contributed by atoms with van der Waals surface area (Å²) in [7, 11) is 0. The molecule has 90 valence electrons. The molecule has 0 fully saturated rings. The van der Waals surface area contributed by atoms with Crippen LogP contribution in [0.2, 0.25) is 0 Å². The van der Waals surface area contributed by atoms with Gasteiger partial charge in [-0.3, -0.25) is 10.5 Å². The zero-order chi connectivity index (χ0) is 12.8. The van der Waals surface area contributed by atoms with Gasteiger partial charge in [-0.1, -0.05) is 5.21 Å². The van der Waals surface area contributed by atoms with Crippen LogP contribution in [0.3, 0.4) is 0 Å². The number of fused-ring (bicyclic) bond motifs is 1. The Kier molecular flexibility index (Phi) is 3.76. The highest BCUT2D eigenvalue weighted by atomic mass is 16.9. The van der Waals surface area contributed by atoms with Crippen molar-refractivity contribution in [3.8, 4) is 0 Å². The van der Waals surface area contributed by atoms with Crippen molar-refractivity contribution >= 4 is 22.7 Å². The maximum atomic E-state index is 8.36. The fourth-order valence-corrected chi connectivity index (χ4v) is 1.07. The van der Waals surface area contributed by atoms with E-state index >= 15 is 0 Å². The molecule has 0 bridgehead atoms. The fourth-order valence-electron chi connectivity index (χ4n) is 1.07. The minimum absolute atomic E-state index is 0.0946.